The van der Waals surface area contributed by atoms with E-state index in [1.54, 1.807) is 0 Å². The van der Waals surface area contributed by atoms with Crippen LogP contribution >= 0.6 is 0 Å². The van der Waals surface area contributed by atoms with Crippen molar-refractivity contribution in [3.63, 3.8) is 0 Å². The molecule has 0 atom stereocenters. The molecule has 0 bridgehead atoms. The van der Waals surface area contributed by atoms with Crippen molar-refractivity contribution < 1.29 is 0 Å². The molecule has 12 heavy (non-hydrogen) atoms. The van der Waals surface area contributed by atoms with Crippen LogP contribution in [-0.2, 0) is 0 Å². The molecule has 0 spiro atoms. The summed E-state index contributed by atoms with van der Waals surface area (Å²) in [7, 11) is -1.05. The molecule has 1 aliphatic rings. The summed E-state index contributed by atoms with van der Waals surface area (Å²) in [6.07, 6.45) is 4.32. The van der Waals surface area contributed by atoms with Crippen molar-refractivity contribution in [2.24, 2.45) is 0 Å². The lowest BCUT2D eigenvalue weighted by atomic mass is 10.2. The Kier molecular flexibility index (Phi) is 3.35. The summed E-state index contributed by atoms with van der Waals surface area (Å²) in [6, 6.07) is 0. The molecule has 0 radical (unpaired) electrons. The van der Waals surface area contributed by atoms with Gasteiger partial charge in [0.25, 0.3) is 0 Å². The van der Waals surface area contributed by atoms with E-state index in [1.165, 1.54) is 32.4 Å². The summed E-state index contributed by atoms with van der Waals surface area (Å²) in [5, 5.41) is 0. The monoisotopic (exact) mass is 185 g/mol. The normalized spacial score (nSPS) is 21.8. The van der Waals surface area contributed by atoms with Gasteiger partial charge >= 0.3 is 0 Å². The molecule has 0 saturated carbocycles. The van der Waals surface area contributed by atoms with Crippen LogP contribution in [0.25, 0.3) is 0 Å². The summed E-state index contributed by atoms with van der Waals surface area (Å²) in [5.74, 6) is 0. The van der Waals surface area contributed by atoms with Crippen molar-refractivity contribution in [3.05, 3.63) is 0 Å². The highest BCUT2D eigenvalue weighted by Gasteiger charge is 2.32. The summed E-state index contributed by atoms with van der Waals surface area (Å²) < 4.78 is 2.79. The van der Waals surface area contributed by atoms with Gasteiger partial charge in [-0.3, -0.25) is 0 Å². The second-order valence-electron chi connectivity index (χ2n) is 4.86. The third kappa shape index (κ3) is 2.11. The van der Waals surface area contributed by atoms with Crippen molar-refractivity contribution in [1.82, 2.24) is 4.57 Å². The Labute approximate surface area is 78.2 Å². The lowest BCUT2D eigenvalue weighted by Gasteiger charge is -2.42. The zero-order valence-corrected chi connectivity index (χ0v) is 10.1. The number of nitrogens with zero attached hydrogens (tertiary/aromatic N) is 1. The average Bonchev–Trinajstić information content (AvgIpc) is 2.06. The first kappa shape index (κ1) is 10.3. The van der Waals surface area contributed by atoms with Gasteiger partial charge in [0, 0.05) is 0 Å². The predicted octanol–water partition coefficient (Wildman–Crippen LogP) is 3.09. The molecule has 1 fully saturated rings. The largest absolute Gasteiger partial charge is 0.323 e. The van der Waals surface area contributed by atoms with E-state index in [-0.39, 0.29) is 0 Å². The zero-order chi connectivity index (χ0) is 9.19. The number of hydrogen-bond donors (Lipinski definition) is 0. The molecular weight excluding hydrogens is 162 g/mol. The summed E-state index contributed by atoms with van der Waals surface area (Å²) >= 11 is 0. The first-order valence-corrected chi connectivity index (χ1v) is 8.32. The van der Waals surface area contributed by atoms with Crippen LogP contribution in [0.15, 0.2) is 0 Å². The molecule has 1 saturated heterocycles. The average molecular weight is 185 g/mol. The molecule has 2 heteroatoms. The van der Waals surface area contributed by atoms with Crippen LogP contribution in [-0.4, -0.2) is 25.9 Å². The number of piperidine rings is 1. The van der Waals surface area contributed by atoms with E-state index < -0.39 is 8.24 Å². The zero-order valence-electron chi connectivity index (χ0n) is 9.06. The van der Waals surface area contributed by atoms with Gasteiger partial charge in [-0.1, -0.05) is 33.4 Å². The van der Waals surface area contributed by atoms with Gasteiger partial charge in [-0.15, -0.1) is 0 Å². The summed E-state index contributed by atoms with van der Waals surface area (Å²) in [5.41, 5.74) is 0.899. The minimum atomic E-state index is -1.05. The Bertz CT molecular complexity index is 137. The fourth-order valence-electron chi connectivity index (χ4n) is 1.84. The van der Waals surface area contributed by atoms with Gasteiger partial charge in [0.2, 0.25) is 0 Å². The lowest BCUT2D eigenvalue weighted by Crippen LogP contribution is -2.52. The molecule has 0 amide bonds. The van der Waals surface area contributed by atoms with Crippen molar-refractivity contribution in [2.75, 3.05) is 13.1 Å². The Morgan fingerprint density at radius 3 is 1.92 bits per heavy atom. The summed E-state index contributed by atoms with van der Waals surface area (Å²) in [6.45, 7) is 12.6. The van der Waals surface area contributed by atoms with E-state index in [0.717, 1.165) is 5.54 Å². The highest BCUT2D eigenvalue weighted by atomic mass is 28.3. The maximum Gasteiger partial charge on any atom is 0.124 e. The topological polar surface area (TPSA) is 3.24 Å². The summed E-state index contributed by atoms with van der Waals surface area (Å²) in [4.78, 5) is 0. The van der Waals surface area contributed by atoms with Gasteiger partial charge in [0.05, 0.1) is 0 Å². The van der Waals surface area contributed by atoms with E-state index in [0.29, 0.717) is 0 Å². The number of hydrogen-bond acceptors (Lipinski definition) is 1. The Balaban J connectivity index is 2.53. The highest BCUT2D eigenvalue weighted by molar-refractivity contribution is 6.75. The van der Waals surface area contributed by atoms with E-state index in [9.17, 15) is 0 Å². The van der Waals surface area contributed by atoms with Crippen LogP contribution in [0.3, 0.4) is 0 Å². The maximum atomic E-state index is 2.79. The van der Waals surface area contributed by atoms with E-state index in [2.05, 4.69) is 31.5 Å². The maximum absolute atomic E-state index is 2.79. The Morgan fingerprint density at radius 2 is 1.50 bits per heavy atom. The molecular formula is C10H23NSi. The van der Waals surface area contributed by atoms with Crippen LogP contribution in [0.1, 0.15) is 33.1 Å². The molecule has 1 rings (SSSR count). The second-order valence-corrected chi connectivity index (χ2v) is 9.95. The van der Waals surface area contributed by atoms with Crippen molar-refractivity contribution in [2.45, 2.75) is 51.7 Å². The first-order chi connectivity index (χ1) is 5.55. The van der Waals surface area contributed by atoms with Crippen LogP contribution in [0, 0.1) is 0 Å². The van der Waals surface area contributed by atoms with E-state index >= 15 is 0 Å². The second kappa shape index (κ2) is 3.92. The minimum Gasteiger partial charge on any atom is -0.323 e. The molecule has 0 aromatic heterocycles. The van der Waals surface area contributed by atoms with Gasteiger partial charge in [-0.25, -0.2) is 0 Å². The molecule has 1 heterocycles. The van der Waals surface area contributed by atoms with Crippen molar-refractivity contribution >= 4 is 8.24 Å². The van der Waals surface area contributed by atoms with Gasteiger partial charge in [0.1, 0.15) is 8.24 Å². The lowest BCUT2D eigenvalue weighted by molar-refractivity contribution is 0.339. The Morgan fingerprint density at radius 1 is 1.00 bits per heavy atom. The van der Waals surface area contributed by atoms with E-state index in [4.69, 9.17) is 0 Å². The molecule has 0 aliphatic carbocycles. The first-order valence-electron chi connectivity index (χ1n) is 5.30. The fourth-order valence-corrected chi connectivity index (χ4v) is 4.03. The van der Waals surface area contributed by atoms with Crippen molar-refractivity contribution in [3.8, 4) is 0 Å². The molecule has 1 nitrogen and oxygen atoms in total. The fraction of sp³-hybridized carbons (Fsp3) is 1.00. The highest BCUT2D eigenvalue weighted by Crippen LogP contribution is 2.27. The molecule has 0 aromatic rings. The molecule has 72 valence electrons. The molecule has 0 unspecified atom stereocenters. The van der Waals surface area contributed by atoms with Crippen LogP contribution < -0.4 is 0 Å². The van der Waals surface area contributed by atoms with Gasteiger partial charge in [-0.05, 0) is 31.5 Å². The van der Waals surface area contributed by atoms with Gasteiger partial charge in [0.15, 0.2) is 0 Å². The van der Waals surface area contributed by atoms with Crippen LogP contribution in [0.2, 0.25) is 18.6 Å². The van der Waals surface area contributed by atoms with Crippen molar-refractivity contribution in [1.29, 1.82) is 0 Å². The minimum absolute atomic E-state index is 0.899. The Hall–Kier alpha value is 0.177. The third-order valence-corrected chi connectivity index (χ3v) is 8.49. The quantitative estimate of drug-likeness (QED) is 0.598. The third-order valence-electron chi connectivity index (χ3n) is 3.58. The van der Waals surface area contributed by atoms with Gasteiger partial charge < -0.3 is 4.57 Å². The van der Waals surface area contributed by atoms with Crippen LogP contribution in [0.5, 0.6) is 0 Å². The smallest absolute Gasteiger partial charge is 0.124 e. The van der Waals surface area contributed by atoms with Crippen LogP contribution in [0.4, 0.5) is 0 Å². The van der Waals surface area contributed by atoms with E-state index in [1.807, 2.05) is 0 Å². The standard InChI is InChI=1S/C10H23NSi/c1-10(2)12(3,4)11-8-6-5-7-9-11/h10H,5-9H2,1-4H3. The van der Waals surface area contributed by atoms with Gasteiger partial charge in [-0.2, -0.15) is 0 Å². The SMILES string of the molecule is CC(C)[Si](C)(C)N1CCCCC1. The molecule has 1 aliphatic heterocycles. The number of rotatable bonds is 2. The molecule has 0 aromatic carbocycles. The molecule has 0 N–H and O–H groups in total. The predicted molar refractivity (Wildman–Crippen MR) is 58.0 cm³/mol.